The zero-order valence-corrected chi connectivity index (χ0v) is 11.9. The molecule has 0 radical (unpaired) electrons. The number of benzene rings is 2. The molecule has 2 unspecified atom stereocenters. The summed E-state index contributed by atoms with van der Waals surface area (Å²) >= 11 is 2.03. The van der Waals surface area contributed by atoms with Crippen molar-refractivity contribution in [2.75, 3.05) is 11.4 Å². The molecule has 2 aliphatic heterocycles. The first-order valence-electron chi connectivity index (χ1n) is 6.95. The van der Waals surface area contributed by atoms with Crippen LogP contribution in [0.25, 0.3) is 0 Å². The van der Waals surface area contributed by atoms with E-state index in [4.69, 9.17) is 0 Å². The van der Waals surface area contributed by atoms with Crippen LogP contribution in [0.2, 0.25) is 0 Å². The largest absolute Gasteiger partial charge is 0.366 e. The first-order chi connectivity index (χ1) is 9.34. The summed E-state index contributed by atoms with van der Waals surface area (Å²) in [6, 6.07) is 18.3. The van der Waals surface area contributed by atoms with Crippen molar-refractivity contribution >= 4 is 17.4 Å². The Balaban J connectivity index is 1.80. The summed E-state index contributed by atoms with van der Waals surface area (Å²) in [7, 11) is 0. The maximum Gasteiger partial charge on any atom is 0.0546 e. The summed E-state index contributed by atoms with van der Waals surface area (Å²) in [6.45, 7) is 3.55. The zero-order valence-electron chi connectivity index (χ0n) is 11.0. The molecule has 2 heteroatoms. The molecule has 2 aromatic carbocycles. The summed E-state index contributed by atoms with van der Waals surface area (Å²) in [5, 5.41) is 0.544. The molecule has 19 heavy (non-hydrogen) atoms. The van der Waals surface area contributed by atoms with Crippen LogP contribution in [-0.4, -0.2) is 12.6 Å². The van der Waals surface area contributed by atoms with Crippen LogP contribution in [0.15, 0.2) is 53.4 Å². The molecule has 96 valence electrons. The van der Waals surface area contributed by atoms with Crippen LogP contribution >= 0.6 is 11.8 Å². The van der Waals surface area contributed by atoms with Crippen molar-refractivity contribution in [2.24, 2.45) is 0 Å². The molecule has 2 atom stereocenters. The third-order valence-corrected chi connectivity index (χ3v) is 5.81. The predicted molar refractivity (Wildman–Crippen MR) is 82.0 cm³/mol. The lowest BCUT2D eigenvalue weighted by Crippen LogP contribution is -2.37. The van der Waals surface area contributed by atoms with Crippen LogP contribution in [0.4, 0.5) is 5.69 Å². The molecule has 0 aliphatic carbocycles. The number of hydrogen-bond donors (Lipinski definition) is 0. The van der Waals surface area contributed by atoms with Crippen molar-refractivity contribution < 1.29 is 0 Å². The van der Waals surface area contributed by atoms with E-state index in [1.807, 2.05) is 11.8 Å². The van der Waals surface area contributed by atoms with Crippen LogP contribution in [0.1, 0.15) is 23.3 Å². The quantitative estimate of drug-likeness (QED) is 0.758. The molecule has 1 nitrogen and oxygen atoms in total. The van der Waals surface area contributed by atoms with E-state index in [2.05, 4.69) is 60.4 Å². The van der Waals surface area contributed by atoms with Gasteiger partial charge >= 0.3 is 0 Å². The molecule has 2 aromatic rings. The molecule has 0 amide bonds. The SMILES string of the molecule is CC1C(c2ccccc2)Sc2cccc3c2N1CC3. The minimum atomic E-state index is 0.544. The molecule has 0 saturated carbocycles. The van der Waals surface area contributed by atoms with Gasteiger partial charge in [-0.05, 0) is 30.5 Å². The predicted octanol–water partition coefficient (Wildman–Crippen LogP) is 4.28. The van der Waals surface area contributed by atoms with Crippen molar-refractivity contribution in [3.8, 4) is 0 Å². The van der Waals surface area contributed by atoms with Gasteiger partial charge in [0.25, 0.3) is 0 Å². The summed E-state index contributed by atoms with van der Waals surface area (Å²) in [4.78, 5) is 4.07. The molecule has 0 fully saturated rings. The Hall–Kier alpha value is -1.41. The molecule has 0 N–H and O–H groups in total. The highest BCUT2D eigenvalue weighted by molar-refractivity contribution is 7.99. The number of anilines is 1. The average Bonchev–Trinajstić information content (AvgIpc) is 2.89. The second-order valence-electron chi connectivity index (χ2n) is 5.40. The fourth-order valence-corrected chi connectivity index (χ4v) is 4.77. The van der Waals surface area contributed by atoms with Crippen molar-refractivity contribution in [2.45, 2.75) is 29.5 Å². The third kappa shape index (κ3) is 1.70. The van der Waals surface area contributed by atoms with Crippen LogP contribution in [-0.2, 0) is 6.42 Å². The van der Waals surface area contributed by atoms with Crippen LogP contribution in [0, 0.1) is 0 Å². The first kappa shape index (κ1) is 11.4. The van der Waals surface area contributed by atoms with Gasteiger partial charge in [-0.2, -0.15) is 0 Å². The smallest absolute Gasteiger partial charge is 0.0546 e. The molecule has 0 bridgehead atoms. The van der Waals surface area contributed by atoms with Gasteiger partial charge in [-0.3, -0.25) is 0 Å². The monoisotopic (exact) mass is 267 g/mol. The van der Waals surface area contributed by atoms with Gasteiger partial charge in [-0.15, -0.1) is 11.8 Å². The fourth-order valence-electron chi connectivity index (χ4n) is 3.34. The van der Waals surface area contributed by atoms with E-state index >= 15 is 0 Å². The van der Waals surface area contributed by atoms with Gasteiger partial charge in [-0.25, -0.2) is 0 Å². The minimum absolute atomic E-state index is 0.544. The number of para-hydroxylation sites is 1. The number of thioether (sulfide) groups is 1. The lowest BCUT2D eigenvalue weighted by molar-refractivity contribution is 0.628. The Morgan fingerprint density at radius 2 is 1.89 bits per heavy atom. The Morgan fingerprint density at radius 3 is 2.74 bits per heavy atom. The average molecular weight is 267 g/mol. The van der Waals surface area contributed by atoms with Crippen LogP contribution in [0.5, 0.6) is 0 Å². The summed E-state index contributed by atoms with van der Waals surface area (Å²) < 4.78 is 0. The molecule has 0 aromatic heterocycles. The van der Waals surface area contributed by atoms with Crippen molar-refractivity contribution in [1.29, 1.82) is 0 Å². The van der Waals surface area contributed by atoms with E-state index in [0.29, 0.717) is 11.3 Å². The Morgan fingerprint density at radius 1 is 1.05 bits per heavy atom. The fraction of sp³-hybridized carbons (Fsp3) is 0.294. The molecular weight excluding hydrogens is 250 g/mol. The van der Waals surface area contributed by atoms with Crippen molar-refractivity contribution in [1.82, 2.24) is 0 Å². The van der Waals surface area contributed by atoms with Gasteiger partial charge in [0.15, 0.2) is 0 Å². The second kappa shape index (κ2) is 4.31. The van der Waals surface area contributed by atoms with Gasteiger partial charge < -0.3 is 4.90 Å². The Labute approximate surface area is 118 Å². The maximum atomic E-state index is 2.61. The third-order valence-electron chi connectivity index (χ3n) is 4.30. The number of nitrogens with zero attached hydrogens (tertiary/aromatic N) is 1. The Kier molecular flexibility index (Phi) is 2.59. The summed E-state index contributed by atoms with van der Waals surface area (Å²) in [6.07, 6.45) is 1.20. The van der Waals surface area contributed by atoms with Gasteiger partial charge in [0.05, 0.1) is 10.9 Å². The van der Waals surface area contributed by atoms with Crippen LogP contribution < -0.4 is 4.90 Å². The van der Waals surface area contributed by atoms with E-state index in [1.165, 1.54) is 34.7 Å². The van der Waals surface area contributed by atoms with Crippen LogP contribution in [0.3, 0.4) is 0 Å². The number of hydrogen-bond acceptors (Lipinski definition) is 2. The van der Waals surface area contributed by atoms with E-state index in [9.17, 15) is 0 Å². The normalized spacial score (nSPS) is 24.4. The van der Waals surface area contributed by atoms with E-state index in [0.717, 1.165) is 0 Å². The van der Waals surface area contributed by atoms with Crippen molar-refractivity contribution in [3.05, 3.63) is 59.7 Å². The van der Waals surface area contributed by atoms with Gasteiger partial charge in [0.2, 0.25) is 0 Å². The van der Waals surface area contributed by atoms with E-state index < -0.39 is 0 Å². The van der Waals surface area contributed by atoms with E-state index in [-0.39, 0.29) is 0 Å². The molecule has 2 heterocycles. The van der Waals surface area contributed by atoms with Gasteiger partial charge in [0, 0.05) is 17.5 Å². The zero-order chi connectivity index (χ0) is 12.8. The van der Waals surface area contributed by atoms with E-state index in [1.54, 1.807) is 0 Å². The van der Waals surface area contributed by atoms with Crippen molar-refractivity contribution in [3.63, 3.8) is 0 Å². The lowest BCUT2D eigenvalue weighted by Gasteiger charge is -2.39. The maximum absolute atomic E-state index is 2.61. The van der Waals surface area contributed by atoms with Gasteiger partial charge in [0.1, 0.15) is 0 Å². The topological polar surface area (TPSA) is 3.24 Å². The highest BCUT2D eigenvalue weighted by Gasteiger charge is 2.36. The van der Waals surface area contributed by atoms with Gasteiger partial charge in [-0.1, -0.05) is 42.5 Å². The molecule has 4 rings (SSSR count). The summed E-state index contributed by atoms with van der Waals surface area (Å²) in [5.74, 6) is 0. The standard InChI is InChI=1S/C17H17NS/c1-12-17(14-6-3-2-4-7-14)19-15-9-5-8-13-10-11-18(12)16(13)15/h2-9,12,17H,10-11H2,1H3. The molecule has 0 spiro atoms. The second-order valence-corrected chi connectivity index (χ2v) is 6.58. The highest BCUT2D eigenvalue weighted by Crippen LogP contribution is 2.52. The molecule has 0 saturated heterocycles. The minimum Gasteiger partial charge on any atom is -0.366 e. The highest BCUT2D eigenvalue weighted by atomic mass is 32.2. The summed E-state index contributed by atoms with van der Waals surface area (Å²) in [5.41, 5.74) is 4.48. The first-order valence-corrected chi connectivity index (χ1v) is 7.83. The number of rotatable bonds is 1. The molecular formula is C17H17NS. The molecule has 2 aliphatic rings. The Bertz CT molecular complexity index is 608. The lowest BCUT2D eigenvalue weighted by atomic mass is 10.0.